The summed E-state index contributed by atoms with van der Waals surface area (Å²) in [5, 5.41) is 5.17. The second kappa shape index (κ2) is 10.4. The second-order valence-electron chi connectivity index (χ2n) is 15.3. The molecule has 8 aromatic rings. The Morgan fingerprint density at radius 2 is 0.840 bits per heavy atom. The maximum Gasteiger partial charge on any atom is 0.0165 e. The van der Waals surface area contributed by atoms with Gasteiger partial charge in [0.25, 0.3) is 0 Å². The molecule has 2 aliphatic rings. The molecule has 0 bridgehead atoms. The van der Waals surface area contributed by atoms with Crippen LogP contribution in [0.1, 0.15) is 49.9 Å². The van der Waals surface area contributed by atoms with E-state index in [9.17, 15) is 0 Å². The lowest BCUT2D eigenvalue weighted by atomic mass is 9.76. The fraction of sp³-hybridized carbons (Fsp3) is 0.120. The van der Waals surface area contributed by atoms with Crippen molar-refractivity contribution in [2.75, 3.05) is 0 Å². The summed E-state index contributed by atoms with van der Waals surface area (Å²) in [4.78, 5) is 0. The summed E-state index contributed by atoms with van der Waals surface area (Å²) >= 11 is 0. The van der Waals surface area contributed by atoms with Crippen LogP contribution >= 0.6 is 0 Å². The molecular formula is C50H38. The molecule has 10 rings (SSSR count). The average molecular weight is 639 g/mol. The predicted molar refractivity (Wildman–Crippen MR) is 213 cm³/mol. The highest BCUT2D eigenvalue weighted by Crippen LogP contribution is 2.55. The predicted octanol–water partition coefficient (Wildman–Crippen LogP) is 13.6. The molecule has 0 heterocycles. The van der Waals surface area contributed by atoms with Gasteiger partial charge in [0.2, 0.25) is 0 Å². The molecular weight excluding hydrogens is 601 g/mol. The number of fused-ring (bicyclic) bond motifs is 8. The van der Waals surface area contributed by atoms with Crippen LogP contribution in [0.25, 0.3) is 77.2 Å². The maximum absolute atomic E-state index is 2.49. The van der Waals surface area contributed by atoms with Gasteiger partial charge in [-0.2, -0.15) is 0 Å². The van der Waals surface area contributed by atoms with E-state index in [0.717, 1.165) is 0 Å². The van der Waals surface area contributed by atoms with Gasteiger partial charge in [-0.1, -0.05) is 173 Å². The Hall–Kier alpha value is -5.72. The van der Waals surface area contributed by atoms with Crippen LogP contribution in [0, 0.1) is 0 Å². The SMILES string of the molecule is CC1(C)c2ccccc2-c2ccc(-c3c4ccccc4c(-c4cccc5c4C(C)(C)c4ccccc4-5)c4ccc(-c5ccccc5)cc34)cc21. The molecule has 50 heavy (non-hydrogen) atoms. The van der Waals surface area contributed by atoms with Crippen molar-refractivity contribution >= 4 is 21.5 Å². The Morgan fingerprint density at radius 3 is 1.60 bits per heavy atom. The number of benzene rings is 8. The Labute approximate surface area is 294 Å². The third-order valence-corrected chi connectivity index (χ3v) is 11.9. The molecule has 0 atom stereocenters. The van der Waals surface area contributed by atoms with Gasteiger partial charge in [0.05, 0.1) is 0 Å². The number of hydrogen-bond acceptors (Lipinski definition) is 0. The standard InChI is InChI=1S/C50H38/c1-49(2)43-23-12-10-17-34(43)36-27-26-33(30-45(36)49)46-37-19-8-9-20-38(37)47(39-28-25-32(29-42(39)46)31-15-6-5-7-16-31)41-22-14-21-40-35-18-11-13-24-44(35)50(3,4)48(40)41/h5-30H,1-4H3. The number of hydrogen-bond donors (Lipinski definition) is 0. The highest BCUT2D eigenvalue weighted by molar-refractivity contribution is 6.22. The van der Waals surface area contributed by atoms with E-state index in [1.54, 1.807) is 0 Å². The van der Waals surface area contributed by atoms with E-state index in [1.165, 1.54) is 99.4 Å². The topological polar surface area (TPSA) is 0 Å². The van der Waals surface area contributed by atoms with Gasteiger partial charge < -0.3 is 0 Å². The summed E-state index contributed by atoms with van der Waals surface area (Å²) in [5.74, 6) is 0. The minimum absolute atomic E-state index is 0.0755. The molecule has 0 amide bonds. The van der Waals surface area contributed by atoms with E-state index < -0.39 is 0 Å². The van der Waals surface area contributed by atoms with Crippen LogP contribution in [0.2, 0.25) is 0 Å². The third kappa shape index (κ3) is 3.94. The van der Waals surface area contributed by atoms with Crippen molar-refractivity contribution in [2.24, 2.45) is 0 Å². The van der Waals surface area contributed by atoms with Gasteiger partial charge in [0.15, 0.2) is 0 Å². The first kappa shape index (κ1) is 29.2. The molecule has 0 radical (unpaired) electrons. The van der Waals surface area contributed by atoms with E-state index in [2.05, 4.69) is 185 Å². The van der Waals surface area contributed by atoms with Gasteiger partial charge >= 0.3 is 0 Å². The summed E-state index contributed by atoms with van der Waals surface area (Å²) < 4.78 is 0. The lowest BCUT2D eigenvalue weighted by molar-refractivity contribution is 0.660. The first-order valence-corrected chi connectivity index (χ1v) is 17.9. The van der Waals surface area contributed by atoms with Crippen LogP contribution in [0.3, 0.4) is 0 Å². The third-order valence-electron chi connectivity index (χ3n) is 11.9. The van der Waals surface area contributed by atoms with Crippen molar-refractivity contribution in [3.8, 4) is 55.6 Å². The van der Waals surface area contributed by atoms with Crippen molar-refractivity contribution < 1.29 is 0 Å². The molecule has 0 saturated heterocycles. The Kier molecular flexibility index (Phi) is 6.07. The number of rotatable bonds is 3. The van der Waals surface area contributed by atoms with Crippen LogP contribution < -0.4 is 0 Å². The first-order chi connectivity index (χ1) is 24.3. The Bertz CT molecular complexity index is 2690. The summed E-state index contributed by atoms with van der Waals surface area (Å²) in [7, 11) is 0. The van der Waals surface area contributed by atoms with Gasteiger partial charge in [-0.05, 0) is 112 Å². The Balaban J connectivity index is 1.32. The summed E-state index contributed by atoms with van der Waals surface area (Å²) in [5.41, 5.74) is 18.6. The van der Waals surface area contributed by atoms with Crippen LogP contribution in [0.5, 0.6) is 0 Å². The lowest BCUT2D eigenvalue weighted by Gasteiger charge is -2.27. The summed E-state index contributed by atoms with van der Waals surface area (Å²) in [6.07, 6.45) is 0. The van der Waals surface area contributed by atoms with Crippen molar-refractivity contribution in [3.63, 3.8) is 0 Å². The van der Waals surface area contributed by atoms with E-state index in [-0.39, 0.29) is 10.8 Å². The van der Waals surface area contributed by atoms with Gasteiger partial charge in [0.1, 0.15) is 0 Å². The molecule has 0 fully saturated rings. The van der Waals surface area contributed by atoms with Crippen LogP contribution in [0.4, 0.5) is 0 Å². The first-order valence-electron chi connectivity index (χ1n) is 17.9. The fourth-order valence-electron chi connectivity index (χ4n) is 9.51. The molecule has 0 nitrogen and oxygen atoms in total. The Morgan fingerprint density at radius 1 is 0.300 bits per heavy atom. The highest BCUT2D eigenvalue weighted by atomic mass is 14.4. The monoisotopic (exact) mass is 638 g/mol. The van der Waals surface area contributed by atoms with Gasteiger partial charge in [-0.3, -0.25) is 0 Å². The van der Waals surface area contributed by atoms with E-state index in [0.29, 0.717) is 0 Å². The molecule has 2 aliphatic carbocycles. The van der Waals surface area contributed by atoms with Crippen LogP contribution in [-0.2, 0) is 10.8 Å². The largest absolute Gasteiger partial charge is 0.0622 e. The smallest absolute Gasteiger partial charge is 0.0165 e. The molecule has 0 N–H and O–H groups in total. The molecule has 0 aromatic heterocycles. The zero-order valence-electron chi connectivity index (χ0n) is 29.0. The molecule has 0 unspecified atom stereocenters. The minimum atomic E-state index is -0.126. The molecule has 0 saturated carbocycles. The fourth-order valence-corrected chi connectivity index (χ4v) is 9.51. The molecule has 0 aliphatic heterocycles. The van der Waals surface area contributed by atoms with Gasteiger partial charge in [0, 0.05) is 10.8 Å². The highest BCUT2D eigenvalue weighted by Gasteiger charge is 2.38. The van der Waals surface area contributed by atoms with Crippen molar-refractivity contribution in [3.05, 3.63) is 180 Å². The van der Waals surface area contributed by atoms with Crippen LogP contribution in [-0.4, -0.2) is 0 Å². The lowest BCUT2D eigenvalue weighted by Crippen LogP contribution is -2.16. The van der Waals surface area contributed by atoms with Crippen LogP contribution in [0.15, 0.2) is 158 Å². The summed E-state index contributed by atoms with van der Waals surface area (Å²) in [6.45, 7) is 9.56. The van der Waals surface area contributed by atoms with E-state index in [1.807, 2.05) is 0 Å². The summed E-state index contributed by atoms with van der Waals surface area (Å²) in [6, 6.07) is 59.2. The molecule has 0 spiro atoms. The zero-order valence-corrected chi connectivity index (χ0v) is 29.0. The second-order valence-corrected chi connectivity index (χ2v) is 15.3. The average Bonchev–Trinajstić information content (AvgIpc) is 3.53. The van der Waals surface area contributed by atoms with E-state index in [4.69, 9.17) is 0 Å². The minimum Gasteiger partial charge on any atom is -0.0622 e. The molecule has 8 aromatic carbocycles. The van der Waals surface area contributed by atoms with Gasteiger partial charge in [-0.25, -0.2) is 0 Å². The molecule has 238 valence electrons. The van der Waals surface area contributed by atoms with Crippen molar-refractivity contribution in [2.45, 2.75) is 38.5 Å². The maximum atomic E-state index is 2.49. The van der Waals surface area contributed by atoms with Crippen molar-refractivity contribution in [1.82, 2.24) is 0 Å². The quantitative estimate of drug-likeness (QED) is 0.169. The van der Waals surface area contributed by atoms with E-state index >= 15 is 0 Å². The van der Waals surface area contributed by atoms with Gasteiger partial charge in [-0.15, -0.1) is 0 Å². The molecule has 0 heteroatoms. The normalized spacial score (nSPS) is 14.7. The van der Waals surface area contributed by atoms with Crippen molar-refractivity contribution in [1.29, 1.82) is 0 Å². The zero-order chi connectivity index (χ0) is 33.8.